The molecule has 2 saturated heterocycles. The summed E-state index contributed by atoms with van der Waals surface area (Å²) in [6, 6.07) is 6.92. The third kappa shape index (κ3) is 2.21. The van der Waals surface area contributed by atoms with E-state index in [0.717, 1.165) is 11.3 Å². The maximum atomic E-state index is 12.4. The Bertz CT molecular complexity index is 543. The van der Waals surface area contributed by atoms with E-state index in [4.69, 9.17) is 11.6 Å². The molecule has 3 rings (SSSR count). The number of nitrogens with one attached hydrogen (secondary N) is 1. The first-order valence-corrected chi connectivity index (χ1v) is 7.60. The molecule has 0 aliphatic carbocycles. The number of hydrogen-bond acceptors (Lipinski definition) is 3. The van der Waals surface area contributed by atoms with Gasteiger partial charge in [-0.05, 0) is 29.9 Å². The molecule has 19 heavy (non-hydrogen) atoms. The van der Waals surface area contributed by atoms with Crippen molar-refractivity contribution >= 4 is 35.3 Å². The van der Waals surface area contributed by atoms with Crippen LogP contribution >= 0.6 is 23.4 Å². The number of benzene rings is 1. The minimum Gasteiger partial charge on any atom is -0.322 e. The quantitative estimate of drug-likeness (QED) is 0.852. The van der Waals surface area contributed by atoms with E-state index < -0.39 is 5.54 Å². The third-order valence-corrected chi connectivity index (χ3v) is 4.92. The minimum atomic E-state index is -0.666. The number of hydrogen-bond donors (Lipinski definition) is 1. The number of rotatable bonds is 2. The second-order valence-electron chi connectivity index (χ2n) is 4.84. The highest BCUT2D eigenvalue weighted by atomic mass is 35.5. The average molecular weight is 297 g/mol. The molecule has 0 radical (unpaired) electrons. The van der Waals surface area contributed by atoms with E-state index in [1.165, 1.54) is 4.90 Å². The largest absolute Gasteiger partial charge is 0.325 e. The molecule has 3 amide bonds. The lowest BCUT2D eigenvalue weighted by atomic mass is 9.99. The number of nitrogens with zero attached hydrogens (tertiary/aromatic N) is 1. The van der Waals surface area contributed by atoms with Crippen molar-refractivity contribution in [3.05, 3.63) is 34.9 Å². The molecule has 0 saturated carbocycles. The van der Waals surface area contributed by atoms with Crippen LogP contribution < -0.4 is 5.32 Å². The average Bonchev–Trinajstić information content (AvgIpc) is 2.92. The molecule has 1 aromatic carbocycles. The summed E-state index contributed by atoms with van der Waals surface area (Å²) in [6.45, 7) is 0.275. The van der Waals surface area contributed by atoms with Crippen molar-refractivity contribution in [3.63, 3.8) is 0 Å². The van der Waals surface area contributed by atoms with Crippen LogP contribution in [0.15, 0.2) is 24.3 Å². The topological polar surface area (TPSA) is 49.4 Å². The van der Waals surface area contributed by atoms with Gasteiger partial charge in [-0.1, -0.05) is 23.7 Å². The fourth-order valence-electron chi connectivity index (χ4n) is 2.47. The SMILES string of the molecule is O=C1NC2(CCSC2)C(=O)N1Cc1cccc(Cl)c1. The molecule has 1 spiro atoms. The number of halogens is 1. The Morgan fingerprint density at radius 3 is 2.95 bits per heavy atom. The maximum absolute atomic E-state index is 12.4. The Labute approximate surface area is 120 Å². The van der Waals surface area contributed by atoms with Crippen molar-refractivity contribution in [2.24, 2.45) is 0 Å². The van der Waals surface area contributed by atoms with Gasteiger partial charge in [0.05, 0.1) is 6.54 Å². The van der Waals surface area contributed by atoms with Gasteiger partial charge in [0.25, 0.3) is 5.91 Å². The zero-order valence-corrected chi connectivity index (χ0v) is 11.8. The molecular weight excluding hydrogens is 284 g/mol. The van der Waals surface area contributed by atoms with Crippen molar-refractivity contribution in [1.82, 2.24) is 10.2 Å². The molecule has 4 nitrogen and oxygen atoms in total. The zero-order chi connectivity index (χ0) is 13.5. The van der Waals surface area contributed by atoms with Crippen molar-refractivity contribution < 1.29 is 9.59 Å². The Hall–Kier alpha value is -1.20. The molecule has 0 bridgehead atoms. The first-order valence-electron chi connectivity index (χ1n) is 6.07. The van der Waals surface area contributed by atoms with Crippen molar-refractivity contribution in [2.45, 2.75) is 18.5 Å². The lowest BCUT2D eigenvalue weighted by Crippen LogP contribution is -2.46. The second-order valence-corrected chi connectivity index (χ2v) is 6.38. The van der Waals surface area contributed by atoms with Crippen LogP contribution in [0.25, 0.3) is 0 Å². The van der Waals surface area contributed by atoms with Crippen LogP contribution in [0.2, 0.25) is 5.02 Å². The summed E-state index contributed by atoms with van der Waals surface area (Å²) in [6.07, 6.45) is 0.717. The normalized spacial score (nSPS) is 26.3. The summed E-state index contributed by atoms with van der Waals surface area (Å²) >= 11 is 7.62. The van der Waals surface area contributed by atoms with Crippen LogP contribution in [0.4, 0.5) is 4.79 Å². The van der Waals surface area contributed by atoms with E-state index in [1.54, 1.807) is 23.9 Å². The molecule has 0 aromatic heterocycles. The van der Waals surface area contributed by atoms with Crippen LogP contribution in [-0.2, 0) is 11.3 Å². The van der Waals surface area contributed by atoms with Crippen molar-refractivity contribution in [3.8, 4) is 0 Å². The molecule has 6 heteroatoms. The molecule has 2 heterocycles. The van der Waals surface area contributed by atoms with Gasteiger partial charge in [0.15, 0.2) is 0 Å². The Balaban J connectivity index is 1.82. The van der Waals surface area contributed by atoms with Gasteiger partial charge >= 0.3 is 6.03 Å². The van der Waals surface area contributed by atoms with Crippen LogP contribution in [0.1, 0.15) is 12.0 Å². The summed E-state index contributed by atoms with van der Waals surface area (Å²) < 4.78 is 0. The molecule has 2 aliphatic rings. The van der Waals surface area contributed by atoms with Gasteiger partial charge in [-0.2, -0.15) is 11.8 Å². The summed E-state index contributed by atoms with van der Waals surface area (Å²) in [4.78, 5) is 25.7. The van der Waals surface area contributed by atoms with Gasteiger partial charge in [0, 0.05) is 10.8 Å². The number of carbonyl (C=O) groups is 2. The Morgan fingerprint density at radius 1 is 1.42 bits per heavy atom. The smallest absolute Gasteiger partial charge is 0.322 e. The molecule has 1 aromatic rings. The number of carbonyl (C=O) groups excluding carboxylic acids is 2. The predicted molar refractivity (Wildman–Crippen MR) is 75.2 cm³/mol. The summed E-state index contributed by atoms with van der Waals surface area (Å²) in [5.74, 6) is 1.48. The fraction of sp³-hybridized carbons (Fsp3) is 0.385. The van der Waals surface area contributed by atoms with Crippen LogP contribution in [0, 0.1) is 0 Å². The van der Waals surface area contributed by atoms with Crippen LogP contribution in [-0.4, -0.2) is 33.9 Å². The molecule has 1 atom stereocenters. The predicted octanol–water partition coefficient (Wildman–Crippen LogP) is 2.27. The maximum Gasteiger partial charge on any atom is 0.325 e. The first kappa shape index (κ1) is 12.8. The summed E-state index contributed by atoms with van der Waals surface area (Å²) in [5, 5.41) is 3.45. The van der Waals surface area contributed by atoms with Gasteiger partial charge in [-0.25, -0.2) is 4.79 Å². The fourth-order valence-corrected chi connectivity index (χ4v) is 4.01. The van der Waals surface area contributed by atoms with Gasteiger partial charge in [0.1, 0.15) is 5.54 Å². The molecular formula is C13H13ClN2O2S. The van der Waals surface area contributed by atoms with Gasteiger partial charge in [-0.15, -0.1) is 0 Å². The second kappa shape index (κ2) is 4.72. The van der Waals surface area contributed by atoms with Gasteiger partial charge < -0.3 is 5.32 Å². The number of urea groups is 1. The van der Waals surface area contributed by atoms with E-state index >= 15 is 0 Å². The molecule has 1 N–H and O–H groups in total. The van der Waals surface area contributed by atoms with Gasteiger partial charge in [-0.3, -0.25) is 9.69 Å². The molecule has 2 fully saturated rings. The van der Waals surface area contributed by atoms with Crippen molar-refractivity contribution in [2.75, 3.05) is 11.5 Å². The highest BCUT2D eigenvalue weighted by molar-refractivity contribution is 7.99. The summed E-state index contributed by atoms with van der Waals surface area (Å²) in [5.41, 5.74) is 0.194. The standard InChI is InChI=1S/C13H13ClN2O2S/c14-10-3-1-2-9(6-10)7-16-11(17)13(15-12(16)18)4-5-19-8-13/h1-3,6H,4-5,7-8H2,(H,15,18). The van der Waals surface area contributed by atoms with Crippen LogP contribution in [0.3, 0.4) is 0 Å². The Kier molecular flexibility index (Phi) is 3.19. The first-order chi connectivity index (χ1) is 9.11. The zero-order valence-electron chi connectivity index (χ0n) is 10.2. The monoisotopic (exact) mass is 296 g/mol. The Morgan fingerprint density at radius 2 is 2.26 bits per heavy atom. The molecule has 1 unspecified atom stereocenters. The van der Waals surface area contributed by atoms with E-state index in [9.17, 15) is 9.59 Å². The van der Waals surface area contributed by atoms with Gasteiger partial charge in [0.2, 0.25) is 0 Å². The lowest BCUT2D eigenvalue weighted by molar-refractivity contribution is -0.130. The molecule has 2 aliphatic heterocycles. The van der Waals surface area contributed by atoms with E-state index in [2.05, 4.69) is 5.32 Å². The third-order valence-electron chi connectivity index (χ3n) is 3.50. The number of amides is 3. The lowest BCUT2D eigenvalue weighted by Gasteiger charge is -2.19. The van der Waals surface area contributed by atoms with Crippen molar-refractivity contribution in [1.29, 1.82) is 0 Å². The highest BCUT2D eigenvalue weighted by Gasteiger charge is 2.52. The molecule has 100 valence electrons. The summed E-state index contributed by atoms with van der Waals surface area (Å²) in [7, 11) is 0. The van der Waals surface area contributed by atoms with Crippen LogP contribution in [0.5, 0.6) is 0 Å². The number of thioether (sulfide) groups is 1. The van der Waals surface area contributed by atoms with E-state index in [-0.39, 0.29) is 18.5 Å². The minimum absolute atomic E-state index is 0.109. The highest BCUT2D eigenvalue weighted by Crippen LogP contribution is 2.34. The van der Waals surface area contributed by atoms with E-state index in [1.807, 2.05) is 12.1 Å². The van der Waals surface area contributed by atoms with E-state index in [0.29, 0.717) is 17.2 Å². The number of imide groups is 1.